The topological polar surface area (TPSA) is 90.4 Å². The molecule has 16 heavy (non-hydrogen) atoms. The van der Waals surface area contributed by atoms with Crippen LogP contribution in [0.2, 0.25) is 0 Å². The smallest absolute Gasteiger partial charge is 0.351 e. The van der Waals surface area contributed by atoms with Gasteiger partial charge >= 0.3 is 5.69 Å². The van der Waals surface area contributed by atoms with Gasteiger partial charge in [-0.3, -0.25) is 4.57 Å². The average molecular weight is 233 g/mol. The van der Waals surface area contributed by atoms with Gasteiger partial charge in [0.25, 0.3) is 5.92 Å². The van der Waals surface area contributed by atoms with Crippen molar-refractivity contribution in [3.05, 3.63) is 22.7 Å². The maximum absolute atomic E-state index is 13.3. The van der Waals surface area contributed by atoms with Gasteiger partial charge in [-0.2, -0.15) is 4.98 Å². The van der Waals surface area contributed by atoms with Crippen LogP contribution in [0.25, 0.3) is 0 Å². The third-order valence-corrected chi connectivity index (χ3v) is 2.20. The fraction of sp³-hybridized carbons (Fsp3) is 0.500. The summed E-state index contributed by atoms with van der Waals surface area (Å²) in [5.74, 6) is -3.38. The van der Waals surface area contributed by atoms with E-state index >= 15 is 0 Å². The predicted molar refractivity (Wildman–Crippen MR) is 48.6 cm³/mol. The summed E-state index contributed by atoms with van der Waals surface area (Å²) in [5.41, 5.74) is 4.27. The van der Waals surface area contributed by atoms with Crippen molar-refractivity contribution < 1.29 is 18.6 Å². The minimum Gasteiger partial charge on any atom is -0.383 e. The van der Waals surface area contributed by atoms with Gasteiger partial charge in [0.15, 0.2) is 6.29 Å². The van der Waals surface area contributed by atoms with Crippen LogP contribution in [0.4, 0.5) is 14.6 Å². The Kier molecular flexibility index (Phi) is 2.39. The summed E-state index contributed by atoms with van der Waals surface area (Å²) in [4.78, 5) is 14.6. The van der Waals surface area contributed by atoms with Crippen molar-refractivity contribution in [1.82, 2.24) is 9.55 Å². The van der Waals surface area contributed by atoms with Crippen molar-refractivity contribution in [3.8, 4) is 0 Å². The number of ether oxygens (including phenoxy) is 1. The molecule has 3 N–H and O–H groups in total. The number of aromatic nitrogens is 2. The van der Waals surface area contributed by atoms with E-state index < -0.39 is 30.6 Å². The van der Waals surface area contributed by atoms with Gasteiger partial charge in [0, 0.05) is 6.20 Å². The summed E-state index contributed by atoms with van der Waals surface area (Å²) >= 11 is 0. The number of alkyl halides is 2. The van der Waals surface area contributed by atoms with E-state index in [2.05, 4.69) is 9.72 Å². The lowest BCUT2D eigenvalue weighted by Crippen LogP contribution is -2.35. The molecule has 2 rings (SSSR count). The van der Waals surface area contributed by atoms with E-state index in [1.807, 2.05) is 0 Å². The monoisotopic (exact) mass is 233 g/mol. The van der Waals surface area contributed by atoms with Crippen molar-refractivity contribution in [2.75, 3.05) is 5.73 Å². The number of rotatable bonds is 1. The molecule has 0 radical (unpaired) electrons. The first-order chi connectivity index (χ1) is 7.40. The number of aliphatic hydroxyl groups is 1. The lowest BCUT2D eigenvalue weighted by molar-refractivity contribution is -0.150. The number of aliphatic hydroxyl groups excluding tert-OH is 1. The Bertz CT molecular complexity index is 462. The molecule has 2 heterocycles. The van der Waals surface area contributed by atoms with E-state index in [0.29, 0.717) is 4.57 Å². The molecule has 8 heteroatoms. The molecule has 2 atom stereocenters. The Morgan fingerprint density at radius 3 is 2.88 bits per heavy atom. The van der Waals surface area contributed by atoms with E-state index in [9.17, 15) is 13.6 Å². The molecule has 1 aromatic rings. The highest BCUT2D eigenvalue weighted by Gasteiger charge is 2.51. The Morgan fingerprint density at radius 2 is 2.38 bits per heavy atom. The molecule has 1 fully saturated rings. The van der Waals surface area contributed by atoms with Crippen LogP contribution < -0.4 is 11.4 Å². The normalized spacial score (nSPS) is 28.2. The molecule has 0 aliphatic carbocycles. The second-order valence-electron chi connectivity index (χ2n) is 3.45. The molecule has 0 amide bonds. The number of hydrogen-bond acceptors (Lipinski definition) is 5. The summed E-state index contributed by atoms with van der Waals surface area (Å²) in [7, 11) is 0. The van der Waals surface area contributed by atoms with Crippen LogP contribution in [0.15, 0.2) is 17.1 Å². The van der Waals surface area contributed by atoms with Gasteiger partial charge in [0.1, 0.15) is 5.82 Å². The largest absolute Gasteiger partial charge is 0.383 e. The molecule has 88 valence electrons. The Hall–Kier alpha value is -1.54. The molecule has 1 aliphatic rings. The van der Waals surface area contributed by atoms with E-state index in [1.165, 1.54) is 6.07 Å². The molecule has 1 aliphatic heterocycles. The fourth-order valence-electron chi connectivity index (χ4n) is 1.50. The molecular formula is C8H9F2N3O3. The molecule has 1 aromatic heterocycles. The standard InChI is InChI=1S/C8H9F2N3O3/c9-8(10)3-5(14)16-6(8)13-2-1-4(11)12-7(13)15/h1-2,5-6,14H,3H2,(H2,11,12,15)/t5?,6-/m1/s1. The Balaban J connectivity index is 2.41. The van der Waals surface area contributed by atoms with Gasteiger partial charge in [-0.05, 0) is 6.07 Å². The van der Waals surface area contributed by atoms with Crippen LogP contribution in [0.3, 0.4) is 0 Å². The van der Waals surface area contributed by atoms with Crippen LogP contribution in [0.1, 0.15) is 12.6 Å². The van der Waals surface area contributed by atoms with Crippen molar-refractivity contribution in [2.45, 2.75) is 24.9 Å². The number of nitrogens with zero attached hydrogens (tertiary/aromatic N) is 2. The van der Waals surface area contributed by atoms with Crippen LogP contribution in [-0.4, -0.2) is 26.9 Å². The zero-order valence-electron chi connectivity index (χ0n) is 8.01. The molecule has 0 aromatic carbocycles. The number of nitrogens with two attached hydrogens (primary N) is 1. The lowest BCUT2D eigenvalue weighted by atomic mass is 10.2. The second kappa shape index (κ2) is 3.49. The zero-order chi connectivity index (χ0) is 11.9. The fourth-order valence-corrected chi connectivity index (χ4v) is 1.50. The van der Waals surface area contributed by atoms with Crippen LogP contribution in [0, 0.1) is 0 Å². The van der Waals surface area contributed by atoms with Crippen LogP contribution >= 0.6 is 0 Å². The summed E-state index contributed by atoms with van der Waals surface area (Å²) in [6, 6.07) is 1.20. The van der Waals surface area contributed by atoms with E-state index in [0.717, 1.165) is 6.20 Å². The van der Waals surface area contributed by atoms with Crippen molar-refractivity contribution in [2.24, 2.45) is 0 Å². The first-order valence-electron chi connectivity index (χ1n) is 4.46. The lowest BCUT2D eigenvalue weighted by Gasteiger charge is -2.18. The zero-order valence-corrected chi connectivity index (χ0v) is 8.01. The maximum atomic E-state index is 13.3. The quantitative estimate of drug-likeness (QED) is 0.694. The number of nitrogen functional groups attached to an aromatic ring is 1. The third-order valence-electron chi connectivity index (χ3n) is 2.20. The van der Waals surface area contributed by atoms with E-state index in [1.54, 1.807) is 0 Å². The minimum atomic E-state index is -3.32. The van der Waals surface area contributed by atoms with Crippen LogP contribution in [-0.2, 0) is 4.74 Å². The summed E-state index contributed by atoms with van der Waals surface area (Å²) in [6.07, 6.45) is -3.23. The van der Waals surface area contributed by atoms with E-state index in [4.69, 9.17) is 10.8 Å². The molecule has 0 bridgehead atoms. The molecule has 1 unspecified atom stereocenters. The van der Waals surface area contributed by atoms with Crippen molar-refractivity contribution >= 4 is 5.82 Å². The highest BCUT2D eigenvalue weighted by atomic mass is 19.3. The first kappa shape index (κ1) is 11.0. The third kappa shape index (κ3) is 1.76. The molecule has 0 saturated carbocycles. The minimum absolute atomic E-state index is 0.0666. The molecular weight excluding hydrogens is 224 g/mol. The van der Waals surface area contributed by atoms with Gasteiger partial charge in [-0.1, -0.05) is 0 Å². The molecule has 0 spiro atoms. The highest BCUT2D eigenvalue weighted by molar-refractivity contribution is 5.23. The summed E-state index contributed by atoms with van der Waals surface area (Å²) in [5, 5.41) is 8.98. The van der Waals surface area contributed by atoms with Gasteiger partial charge in [0.05, 0.1) is 6.42 Å². The van der Waals surface area contributed by atoms with Gasteiger partial charge in [-0.25, -0.2) is 13.6 Å². The number of anilines is 1. The summed E-state index contributed by atoms with van der Waals surface area (Å²) < 4.78 is 31.8. The Morgan fingerprint density at radius 1 is 1.69 bits per heavy atom. The number of hydrogen-bond donors (Lipinski definition) is 2. The predicted octanol–water partition coefficient (Wildman–Crippen LogP) is -0.302. The number of halogens is 2. The molecule has 6 nitrogen and oxygen atoms in total. The summed E-state index contributed by atoms with van der Waals surface area (Å²) in [6.45, 7) is 0. The van der Waals surface area contributed by atoms with Gasteiger partial charge < -0.3 is 15.6 Å². The SMILES string of the molecule is Nc1ccn([C@@H]2OC(O)CC2(F)F)c(=O)n1. The van der Waals surface area contributed by atoms with Crippen LogP contribution in [0.5, 0.6) is 0 Å². The Labute approximate surface area is 88.3 Å². The molecule has 1 saturated heterocycles. The highest BCUT2D eigenvalue weighted by Crippen LogP contribution is 2.40. The first-order valence-corrected chi connectivity index (χ1v) is 4.46. The van der Waals surface area contributed by atoms with Gasteiger partial charge in [-0.15, -0.1) is 0 Å². The van der Waals surface area contributed by atoms with Gasteiger partial charge in [0.2, 0.25) is 6.23 Å². The second-order valence-corrected chi connectivity index (χ2v) is 3.45. The average Bonchev–Trinajstić information content (AvgIpc) is 2.39. The van der Waals surface area contributed by atoms with E-state index in [-0.39, 0.29) is 5.82 Å². The van der Waals surface area contributed by atoms with Crippen molar-refractivity contribution in [1.29, 1.82) is 0 Å². The maximum Gasteiger partial charge on any atom is 0.351 e. The van der Waals surface area contributed by atoms with Crippen molar-refractivity contribution in [3.63, 3.8) is 0 Å².